The van der Waals surface area contributed by atoms with Crippen molar-refractivity contribution in [1.29, 1.82) is 0 Å². The van der Waals surface area contributed by atoms with E-state index >= 15 is 0 Å². The fraction of sp³-hybridized carbons (Fsp3) is 1.00. The molecule has 0 radical (unpaired) electrons. The summed E-state index contributed by atoms with van der Waals surface area (Å²) in [4.78, 5) is 0. The Kier molecular flexibility index (Phi) is 77.7. The van der Waals surface area contributed by atoms with Crippen LogP contribution in [0.15, 0.2) is 0 Å². The van der Waals surface area contributed by atoms with Crippen LogP contribution in [0.25, 0.3) is 0 Å². The molecule has 0 aromatic rings. The zero-order valence-electron chi connectivity index (χ0n) is 5.33. The van der Waals surface area contributed by atoms with Crippen LogP contribution < -0.4 is 42.3 Å². The third-order valence-electron chi connectivity index (χ3n) is 0.333. The maximum atomic E-state index is 9.63. The molecule has 0 aliphatic rings. The first kappa shape index (κ1) is 31.0. The summed E-state index contributed by atoms with van der Waals surface area (Å²) in [6, 6.07) is 0. The first-order chi connectivity index (χ1) is 2.27. The Morgan fingerprint density at radius 2 is 1.22 bits per heavy atom. The van der Waals surface area contributed by atoms with Crippen molar-refractivity contribution in [2.75, 3.05) is 6.61 Å². The number of rotatable bonds is 1. The molecule has 0 spiro atoms. The molecule has 56 valence electrons. The van der Waals surface area contributed by atoms with Crippen LogP contribution in [-0.2, 0) is 26.2 Å². The van der Waals surface area contributed by atoms with Gasteiger partial charge in [-0.2, -0.15) is 0 Å². The van der Waals surface area contributed by atoms with E-state index in [2.05, 4.69) is 0 Å². The number of hydrogen-bond acceptors (Lipinski definition) is 1. The van der Waals surface area contributed by atoms with Gasteiger partial charge in [-0.3, -0.25) is 0 Å². The summed E-state index contributed by atoms with van der Waals surface area (Å²) < 4.78 is 0. The van der Waals surface area contributed by atoms with Crippen molar-refractivity contribution in [2.24, 2.45) is 5.92 Å². The summed E-state index contributed by atoms with van der Waals surface area (Å²) in [5, 5.41) is 9.63. The van der Waals surface area contributed by atoms with Crippen LogP contribution in [0, 0.1) is 5.92 Å². The molecule has 5 heteroatoms. The van der Waals surface area contributed by atoms with Crippen molar-refractivity contribution >= 4 is 0 Å². The second-order valence-electron chi connectivity index (χ2n) is 1.56. The Balaban J connectivity index is -0.0000000133. The summed E-state index contributed by atoms with van der Waals surface area (Å²) in [6.45, 7) is 3.88. The average molecular weight is 271 g/mol. The molecule has 0 saturated heterocycles. The van der Waals surface area contributed by atoms with E-state index in [1.807, 2.05) is 13.8 Å². The molecule has 0 aromatic heterocycles. The largest absolute Gasteiger partial charge is 4.00 e. The van der Waals surface area contributed by atoms with Crippen molar-refractivity contribution < 1.29 is 68.5 Å². The monoisotopic (exact) mass is 268 g/mol. The molecule has 0 bridgehead atoms. The first-order valence-corrected chi connectivity index (χ1v) is 1.85. The minimum absolute atomic E-state index is 0. The second-order valence-corrected chi connectivity index (χ2v) is 1.56. The molecule has 0 rings (SSSR count). The Bertz CT molecular complexity index is 29.8. The van der Waals surface area contributed by atoms with E-state index in [1.54, 1.807) is 0 Å². The van der Waals surface area contributed by atoms with Crippen molar-refractivity contribution in [3.8, 4) is 0 Å². The van der Waals surface area contributed by atoms with Crippen LogP contribution in [0.3, 0.4) is 0 Å². The van der Waals surface area contributed by atoms with Crippen LogP contribution in [0.5, 0.6) is 0 Å². The molecule has 1 nitrogen and oxygen atoms in total. The van der Waals surface area contributed by atoms with Gasteiger partial charge in [0.15, 0.2) is 0 Å². The van der Waals surface area contributed by atoms with Gasteiger partial charge >= 0.3 is 26.2 Å². The fourth-order valence-corrected chi connectivity index (χ4v) is 0. The van der Waals surface area contributed by atoms with E-state index in [0.717, 1.165) is 0 Å². The van der Waals surface area contributed by atoms with E-state index in [9.17, 15) is 5.11 Å². The summed E-state index contributed by atoms with van der Waals surface area (Å²) in [5.74, 6) is 0.329. The smallest absolute Gasteiger partial charge is 1.00 e. The van der Waals surface area contributed by atoms with Crippen molar-refractivity contribution in [2.45, 2.75) is 13.8 Å². The first-order valence-electron chi connectivity index (χ1n) is 1.85. The summed E-state index contributed by atoms with van der Waals surface area (Å²) >= 11 is 0. The van der Waals surface area contributed by atoms with E-state index in [0.29, 0.717) is 5.92 Å². The Labute approximate surface area is 94.3 Å². The molecular weight excluding hydrogens is 262 g/mol. The molecule has 0 N–H and O–H groups in total. The van der Waals surface area contributed by atoms with Gasteiger partial charge in [-0.15, -0.1) is 6.61 Å². The van der Waals surface area contributed by atoms with Gasteiger partial charge in [0.25, 0.3) is 0 Å². The standard InChI is InChI=1S/C4H9O.3ClH.Zr/c1-4(2)3-5;;;;/h4H,3H2,1-2H3;3*1H;/q-1;;;;+4/p-3. The normalized spacial score (nSPS) is 5.33. The van der Waals surface area contributed by atoms with Gasteiger partial charge in [0.2, 0.25) is 0 Å². The van der Waals surface area contributed by atoms with Crippen LogP contribution in [0.1, 0.15) is 13.8 Å². The number of hydrogen-bond donors (Lipinski definition) is 0. The zero-order valence-corrected chi connectivity index (χ0v) is 10.1. The maximum Gasteiger partial charge on any atom is 4.00 e. The fourth-order valence-electron chi connectivity index (χ4n) is 0. The minimum atomic E-state index is 0. The Hall–Kier alpha value is 1.71. The van der Waals surface area contributed by atoms with Crippen LogP contribution in [-0.4, -0.2) is 6.61 Å². The topological polar surface area (TPSA) is 23.1 Å². The molecule has 0 aliphatic heterocycles. The van der Waals surface area contributed by atoms with Crippen molar-refractivity contribution in [3.63, 3.8) is 0 Å². The summed E-state index contributed by atoms with van der Waals surface area (Å²) in [6.07, 6.45) is 0. The molecule has 0 aliphatic carbocycles. The van der Waals surface area contributed by atoms with Gasteiger partial charge < -0.3 is 42.3 Å². The third kappa shape index (κ3) is 41.9. The Morgan fingerprint density at radius 3 is 1.22 bits per heavy atom. The maximum absolute atomic E-state index is 9.63. The number of halogens is 3. The molecule has 0 fully saturated rings. The molecule has 0 amide bonds. The van der Waals surface area contributed by atoms with E-state index in [1.165, 1.54) is 0 Å². The van der Waals surface area contributed by atoms with Gasteiger partial charge in [-0.05, 0) is 0 Å². The van der Waals surface area contributed by atoms with Crippen LogP contribution >= 0.6 is 0 Å². The summed E-state index contributed by atoms with van der Waals surface area (Å²) in [5.41, 5.74) is 0. The van der Waals surface area contributed by atoms with Gasteiger partial charge in [-0.25, -0.2) is 0 Å². The van der Waals surface area contributed by atoms with Gasteiger partial charge in [0.05, 0.1) is 0 Å². The molecule has 0 aromatic carbocycles. The molecule has 0 heterocycles. The van der Waals surface area contributed by atoms with E-state index in [-0.39, 0.29) is 70.0 Å². The van der Waals surface area contributed by atoms with Crippen molar-refractivity contribution in [3.05, 3.63) is 0 Å². The van der Waals surface area contributed by atoms with E-state index < -0.39 is 0 Å². The van der Waals surface area contributed by atoms with Gasteiger partial charge in [-0.1, -0.05) is 19.8 Å². The zero-order chi connectivity index (χ0) is 4.28. The second kappa shape index (κ2) is 22.6. The molecule has 0 unspecified atom stereocenters. The summed E-state index contributed by atoms with van der Waals surface area (Å²) in [7, 11) is 0. The SMILES string of the molecule is CC(C)C[O-].[Cl-].[Cl-].[Cl-].[Zr+4]. The molecule has 0 atom stereocenters. The van der Waals surface area contributed by atoms with Gasteiger partial charge in [0.1, 0.15) is 0 Å². The van der Waals surface area contributed by atoms with Crippen LogP contribution in [0.2, 0.25) is 0 Å². The predicted octanol–water partition coefficient (Wildman–Crippen LogP) is -8.99. The van der Waals surface area contributed by atoms with Gasteiger partial charge in [0, 0.05) is 0 Å². The quantitative estimate of drug-likeness (QED) is 0.464. The third-order valence-corrected chi connectivity index (χ3v) is 0.333. The Morgan fingerprint density at radius 1 is 1.11 bits per heavy atom. The van der Waals surface area contributed by atoms with Crippen molar-refractivity contribution in [1.82, 2.24) is 0 Å². The van der Waals surface area contributed by atoms with E-state index in [4.69, 9.17) is 0 Å². The predicted molar refractivity (Wildman–Crippen MR) is 19.7 cm³/mol. The van der Waals surface area contributed by atoms with Crippen LogP contribution in [0.4, 0.5) is 0 Å². The molecule has 9 heavy (non-hydrogen) atoms. The minimum Gasteiger partial charge on any atom is -1.00 e. The average Bonchev–Trinajstić information content (AvgIpc) is 1.38. The molecular formula is C4H9Cl3OZr. The molecule has 0 saturated carbocycles.